The summed E-state index contributed by atoms with van der Waals surface area (Å²) in [5.74, 6) is -0.427. The van der Waals surface area contributed by atoms with Crippen molar-refractivity contribution < 1.29 is 14.0 Å². The Morgan fingerprint density at radius 2 is 2.42 bits per heavy atom. The topological polar surface area (TPSA) is 39.9 Å². The zero-order valence-electron chi connectivity index (χ0n) is 7.21. The smallest absolute Gasteiger partial charge is 0.387 e. The number of esters is 1. The summed E-state index contributed by atoms with van der Waals surface area (Å²) in [6.07, 6.45) is 0.851. The number of hydrogen-bond donors (Lipinski definition) is 0. The molecule has 0 aromatic rings. The fourth-order valence-corrected chi connectivity index (χ4v) is 1.34. The zero-order chi connectivity index (χ0) is 9.23. The summed E-state index contributed by atoms with van der Waals surface area (Å²) in [4.78, 5) is 13.5. The van der Waals surface area contributed by atoms with Crippen molar-refractivity contribution in [2.45, 2.75) is 12.5 Å². The lowest BCUT2D eigenvalue weighted by molar-refractivity contribution is -0.141. The predicted molar refractivity (Wildman–Crippen MR) is 47.4 cm³/mol. The molecule has 0 rings (SSSR count). The van der Waals surface area contributed by atoms with E-state index in [9.17, 15) is 4.79 Å². The Morgan fingerprint density at radius 3 is 3.00 bits per heavy atom. The van der Waals surface area contributed by atoms with Crippen molar-refractivity contribution in [2.75, 3.05) is 20.3 Å². The van der Waals surface area contributed by atoms with Gasteiger partial charge in [-0.3, -0.25) is 0 Å². The Kier molecular flexibility index (Phi) is 7.64. The van der Waals surface area contributed by atoms with E-state index in [1.807, 2.05) is 0 Å². The summed E-state index contributed by atoms with van der Waals surface area (Å²) >= 11 is 0. The summed E-state index contributed by atoms with van der Waals surface area (Å²) in [6, 6.07) is 1.02. The van der Waals surface area contributed by atoms with Gasteiger partial charge in [-0.1, -0.05) is 0 Å². The number of nitrogens with zero attached hydrogens (tertiary/aromatic N) is 1. The molecule has 12 heavy (non-hydrogen) atoms. The van der Waals surface area contributed by atoms with E-state index >= 15 is 0 Å². The number of carbonyl (C=O) groups is 1. The Labute approximate surface area is 74.6 Å². The van der Waals surface area contributed by atoms with Gasteiger partial charge in [0.2, 0.25) is 0 Å². The largest absolute Gasteiger partial charge is 0.460 e. The molecule has 0 aromatic carbocycles. The van der Waals surface area contributed by atoms with Crippen molar-refractivity contribution in [2.24, 2.45) is 0 Å². The molecule has 68 valence electrons. The van der Waals surface area contributed by atoms with Crippen LogP contribution in [0, 0.1) is 6.57 Å². The minimum absolute atomic E-state index is 0.165. The summed E-state index contributed by atoms with van der Waals surface area (Å²) in [7, 11) is 1.31. The molecule has 0 fully saturated rings. The first-order valence-corrected chi connectivity index (χ1v) is 5.36. The number of hydrogen-bond acceptors (Lipinski definition) is 3. The van der Waals surface area contributed by atoms with Gasteiger partial charge in [-0.25, -0.2) is 11.4 Å². The number of rotatable bonds is 6. The van der Waals surface area contributed by atoms with Crippen LogP contribution in [0.15, 0.2) is 0 Å². The fourth-order valence-electron chi connectivity index (χ4n) is 0.645. The van der Waals surface area contributed by atoms with Gasteiger partial charge in [0, 0.05) is 7.11 Å². The molecular formula is C7H13NO3Si. The third-order valence-corrected chi connectivity index (χ3v) is 2.41. The molecule has 5 heteroatoms. The fraction of sp³-hybridized carbons (Fsp3) is 0.714. The Balaban J connectivity index is 3.10. The molecule has 0 aliphatic heterocycles. The van der Waals surface area contributed by atoms with Crippen molar-refractivity contribution in [1.29, 1.82) is 0 Å². The highest BCUT2D eigenvalue weighted by Crippen LogP contribution is 1.90. The Bertz CT molecular complexity index is 167. The van der Waals surface area contributed by atoms with Crippen LogP contribution in [0.4, 0.5) is 0 Å². The molecule has 0 bridgehead atoms. The highest BCUT2D eigenvalue weighted by Gasteiger charge is 2.03. The van der Waals surface area contributed by atoms with Gasteiger partial charge in [0.1, 0.15) is 0 Å². The zero-order valence-corrected chi connectivity index (χ0v) is 8.62. The van der Waals surface area contributed by atoms with Crippen molar-refractivity contribution in [1.82, 2.24) is 0 Å². The minimum atomic E-state index is -0.427. The van der Waals surface area contributed by atoms with Gasteiger partial charge in [-0.05, 0) is 12.5 Å². The van der Waals surface area contributed by atoms with Crippen molar-refractivity contribution in [3.8, 4) is 0 Å². The van der Waals surface area contributed by atoms with Crippen LogP contribution in [0.5, 0.6) is 0 Å². The average molecular weight is 187 g/mol. The van der Waals surface area contributed by atoms with Crippen LogP contribution in [0.1, 0.15) is 6.42 Å². The maximum atomic E-state index is 10.6. The minimum Gasteiger partial charge on any atom is -0.460 e. The van der Waals surface area contributed by atoms with E-state index in [1.165, 1.54) is 0 Å². The lowest BCUT2D eigenvalue weighted by atomic mass is 10.5. The van der Waals surface area contributed by atoms with Crippen LogP contribution in [-0.4, -0.2) is 36.0 Å². The monoisotopic (exact) mass is 187 g/mol. The van der Waals surface area contributed by atoms with Crippen LogP contribution < -0.4 is 0 Å². The number of ether oxygens (including phenoxy) is 1. The normalized spacial score (nSPS) is 10.0. The SMILES string of the molecule is [C-]#[N+]CC(=O)OCCC[SiH2]OC. The van der Waals surface area contributed by atoms with E-state index in [0.717, 1.165) is 12.5 Å². The molecule has 0 aliphatic rings. The molecule has 0 aliphatic carbocycles. The van der Waals surface area contributed by atoms with Crippen LogP contribution in [0.25, 0.3) is 4.85 Å². The summed E-state index contributed by atoms with van der Waals surface area (Å²) in [5, 5.41) is 0. The number of carbonyl (C=O) groups excluding carboxylic acids is 1. The van der Waals surface area contributed by atoms with E-state index in [4.69, 9.17) is 15.7 Å². The molecule has 0 unspecified atom stereocenters. The van der Waals surface area contributed by atoms with Crippen molar-refractivity contribution in [3.63, 3.8) is 0 Å². The van der Waals surface area contributed by atoms with Gasteiger partial charge in [-0.15, -0.1) is 0 Å². The second-order valence-electron chi connectivity index (χ2n) is 2.24. The predicted octanol–water partition coefficient (Wildman–Crippen LogP) is -0.0125. The van der Waals surface area contributed by atoms with Crippen LogP contribution in [-0.2, 0) is 14.0 Å². The molecule has 0 atom stereocenters. The summed E-state index contributed by atoms with van der Waals surface area (Å²) in [6.45, 7) is 6.65. The van der Waals surface area contributed by atoms with E-state index in [0.29, 0.717) is 6.61 Å². The highest BCUT2D eigenvalue weighted by atomic mass is 28.2. The van der Waals surface area contributed by atoms with Crippen LogP contribution in [0.2, 0.25) is 6.04 Å². The molecule has 0 saturated heterocycles. The molecule has 0 heterocycles. The van der Waals surface area contributed by atoms with Crippen molar-refractivity contribution >= 4 is 15.7 Å². The van der Waals surface area contributed by atoms with Crippen LogP contribution >= 0.6 is 0 Å². The van der Waals surface area contributed by atoms with Crippen molar-refractivity contribution in [3.05, 3.63) is 11.4 Å². The quantitative estimate of drug-likeness (QED) is 0.254. The van der Waals surface area contributed by atoms with E-state index in [-0.39, 0.29) is 16.3 Å². The molecule has 0 spiro atoms. The standard InChI is InChI=1S/C7H13NO3Si/c1-8-6-7(9)11-4-3-5-12-10-2/h3-6,12H2,2H3. The van der Waals surface area contributed by atoms with Gasteiger partial charge < -0.3 is 14.0 Å². The molecule has 0 radical (unpaired) electrons. The first-order valence-electron chi connectivity index (χ1n) is 3.79. The maximum Gasteiger partial charge on any atom is 0.387 e. The van der Waals surface area contributed by atoms with E-state index < -0.39 is 5.97 Å². The Hall–Kier alpha value is -0.863. The Morgan fingerprint density at radius 1 is 1.67 bits per heavy atom. The highest BCUT2D eigenvalue weighted by molar-refractivity contribution is 6.26. The summed E-state index contributed by atoms with van der Waals surface area (Å²) in [5.41, 5.74) is 0. The molecule has 0 aromatic heterocycles. The van der Waals surface area contributed by atoms with Gasteiger partial charge in [0.05, 0.1) is 6.61 Å². The molecule has 4 nitrogen and oxygen atoms in total. The first-order chi connectivity index (χ1) is 5.81. The molecule has 0 saturated carbocycles. The third-order valence-electron chi connectivity index (χ3n) is 1.21. The second kappa shape index (κ2) is 8.24. The van der Waals surface area contributed by atoms with Gasteiger partial charge in [-0.2, -0.15) is 0 Å². The van der Waals surface area contributed by atoms with Gasteiger partial charge >= 0.3 is 12.5 Å². The first kappa shape index (κ1) is 11.1. The van der Waals surface area contributed by atoms with Gasteiger partial charge in [0.15, 0.2) is 9.76 Å². The lowest BCUT2D eigenvalue weighted by Crippen LogP contribution is -2.08. The average Bonchev–Trinajstić information content (AvgIpc) is 2.05. The molecule has 0 amide bonds. The molecule has 0 N–H and O–H groups in total. The van der Waals surface area contributed by atoms with Gasteiger partial charge in [0.25, 0.3) is 0 Å². The lowest BCUT2D eigenvalue weighted by Gasteiger charge is -1.99. The second-order valence-corrected chi connectivity index (χ2v) is 3.93. The van der Waals surface area contributed by atoms with Crippen LogP contribution in [0.3, 0.4) is 0 Å². The third kappa shape index (κ3) is 7.25. The molecular weight excluding hydrogens is 174 g/mol. The van der Waals surface area contributed by atoms with E-state index in [1.54, 1.807) is 7.11 Å². The summed E-state index contributed by atoms with van der Waals surface area (Å²) < 4.78 is 9.69. The maximum absolute atomic E-state index is 10.6. The van der Waals surface area contributed by atoms with E-state index in [2.05, 4.69) is 4.85 Å².